The van der Waals surface area contributed by atoms with E-state index in [2.05, 4.69) is 12.1 Å². The molecule has 0 aliphatic rings. The number of aromatic hydroxyl groups is 1. The normalized spacial score (nSPS) is 10.4. The van der Waals surface area contributed by atoms with Crippen molar-refractivity contribution in [3.8, 4) is 5.75 Å². The summed E-state index contributed by atoms with van der Waals surface area (Å²) < 4.78 is 0. The Morgan fingerprint density at radius 1 is 1.00 bits per heavy atom. The smallest absolute Gasteiger partial charge is 0.115 e. The Balaban J connectivity index is 1.97. The molecule has 2 nitrogen and oxygen atoms in total. The number of hydrogen-bond donors (Lipinski definition) is 2. The second-order valence-electron chi connectivity index (χ2n) is 3.81. The molecule has 2 rings (SSSR count). The zero-order chi connectivity index (χ0) is 12.1. The van der Waals surface area contributed by atoms with E-state index in [0.29, 0.717) is 12.3 Å². The summed E-state index contributed by atoms with van der Waals surface area (Å²) in [7, 11) is 0. The molecule has 0 heterocycles. The summed E-state index contributed by atoms with van der Waals surface area (Å²) in [6, 6.07) is 15.6. The van der Waals surface area contributed by atoms with E-state index in [1.54, 1.807) is 23.9 Å². The average Bonchev–Trinajstić information content (AvgIpc) is 2.37. The fourth-order valence-corrected chi connectivity index (χ4v) is 2.38. The van der Waals surface area contributed by atoms with E-state index in [-0.39, 0.29) is 0 Å². The zero-order valence-electron chi connectivity index (χ0n) is 9.47. The Labute approximate surface area is 105 Å². The number of rotatable bonds is 4. The lowest BCUT2D eigenvalue weighted by Gasteiger charge is -2.03. The summed E-state index contributed by atoms with van der Waals surface area (Å²) in [4.78, 5) is 1.21. The zero-order valence-corrected chi connectivity index (χ0v) is 10.3. The predicted octanol–water partition coefficient (Wildman–Crippen LogP) is 3.14. The van der Waals surface area contributed by atoms with E-state index in [1.165, 1.54) is 4.90 Å². The van der Waals surface area contributed by atoms with E-state index >= 15 is 0 Å². The van der Waals surface area contributed by atoms with Crippen LogP contribution < -0.4 is 5.73 Å². The van der Waals surface area contributed by atoms with Crippen LogP contribution in [0.15, 0.2) is 53.4 Å². The minimum atomic E-state index is 0.321. The molecule has 3 N–H and O–H groups in total. The molecule has 3 heteroatoms. The second-order valence-corrected chi connectivity index (χ2v) is 4.86. The van der Waals surface area contributed by atoms with Crippen LogP contribution in [0.25, 0.3) is 0 Å². The summed E-state index contributed by atoms with van der Waals surface area (Å²) >= 11 is 1.75. The first kappa shape index (κ1) is 12.0. The number of phenols is 1. The van der Waals surface area contributed by atoms with Crippen molar-refractivity contribution in [3.05, 3.63) is 59.7 Å². The first-order valence-electron chi connectivity index (χ1n) is 5.47. The third-order valence-electron chi connectivity index (χ3n) is 2.48. The van der Waals surface area contributed by atoms with E-state index in [0.717, 1.165) is 16.9 Å². The highest BCUT2D eigenvalue weighted by Crippen LogP contribution is 2.24. The predicted molar refractivity (Wildman–Crippen MR) is 72.0 cm³/mol. The van der Waals surface area contributed by atoms with Gasteiger partial charge in [0.2, 0.25) is 0 Å². The van der Waals surface area contributed by atoms with Crippen molar-refractivity contribution in [1.29, 1.82) is 0 Å². The van der Waals surface area contributed by atoms with Crippen molar-refractivity contribution < 1.29 is 5.11 Å². The molecule has 0 spiro atoms. The summed E-state index contributed by atoms with van der Waals surface area (Å²) in [6.07, 6.45) is 0. The molecular weight excluding hydrogens is 230 g/mol. The Hall–Kier alpha value is -1.45. The van der Waals surface area contributed by atoms with Gasteiger partial charge in [0.25, 0.3) is 0 Å². The second kappa shape index (κ2) is 5.75. The van der Waals surface area contributed by atoms with Crippen molar-refractivity contribution in [3.63, 3.8) is 0 Å². The van der Waals surface area contributed by atoms with Crippen LogP contribution in [0.1, 0.15) is 11.1 Å². The quantitative estimate of drug-likeness (QED) is 0.813. The van der Waals surface area contributed by atoms with Gasteiger partial charge in [0.1, 0.15) is 5.75 Å². The molecule has 0 atom stereocenters. The van der Waals surface area contributed by atoms with Gasteiger partial charge in [0.15, 0.2) is 0 Å². The Morgan fingerprint density at radius 2 is 1.76 bits per heavy atom. The lowest BCUT2D eigenvalue weighted by Crippen LogP contribution is -1.94. The van der Waals surface area contributed by atoms with E-state index in [4.69, 9.17) is 5.73 Å². The Kier molecular flexibility index (Phi) is 4.07. The molecular formula is C14H15NOS. The molecule has 0 bridgehead atoms. The molecule has 0 aliphatic heterocycles. The first-order chi connectivity index (χ1) is 8.28. The minimum Gasteiger partial charge on any atom is -0.508 e. The fourth-order valence-electron chi connectivity index (χ4n) is 1.53. The van der Waals surface area contributed by atoms with Crippen LogP contribution in [0.3, 0.4) is 0 Å². The number of phenolic OH excluding ortho intramolecular Hbond substituents is 1. The molecule has 0 unspecified atom stereocenters. The monoisotopic (exact) mass is 245 g/mol. The van der Waals surface area contributed by atoms with Crippen molar-refractivity contribution in [1.82, 2.24) is 0 Å². The highest BCUT2D eigenvalue weighted by molar-refractivity contribution is 7.98. The van der Waals surface area contributed by atoms with Gasteiger partial charge in [0, 0.05) is 17.2 Å². The van der Waals surface area contributed by atoms with E-state index < -0.39 is 0 Å². The van der Waals surface area contributed by atoms with Crippen LogP contribution in [0, 0.1) is 0 Å². The molecule has 2 aromatic rings. The highest BCUT2D eigenvalue weighted by atomic mass is 32.2. The fraction of sp³-hybridized carbons (Fsp3) is 0.143. The van der Waals surface area contributed by atoms with Crippen molar-refractivity contribution >= 4 is 11.8 Å². The SMILES string of the molecule is NCc1ccc(SCc2cccc(O)c2)cc1. The molecule has 0 amide bonds. The van der Waals surface area contributed by atoms with Crippen molar-refractivity contribution in [2.24, 2.45) is 5.73 Å². The maximum absolute atomic E-state index is 9.36. The van der Waals surface area contributed by atoms with Crippen LogP contribution in [0.5, 0.6) is 5.75 Å². The minimum absolute atomic E-state index is 0.321. The molecule has 0 saturated heterocycles. The number of thioether (sulfide) groups is 1. The van der Waals surface area contributed by atoms with Gasteiger partial charge < -0.3 is 10.8 Å². The number of benzene rings is 2. The third kappa shape index (κ3) is 3.51. The van der Waals surface area contributed by atoms with Crippen LogP contribution in [0.2, 0.25) is 0 Å². The van der Waals surface area contributed by atoms with Gasteiger partial charge in [-0.3, -0.25) is 0 Å². The van der Waals surface area contributed by atoms with Crippen molar-refractivity contribution in [2.45, 2.75) is 17.2 Å². The summed E-state index contributed by atoms with van der Waals surface area (Å²) in [6.45, 7) is 0.581. The molecule has 0 saturated carbocycles. The van der Waals surface area contributed by atoms with Gasteiger partial charge in [-0.2, -0.15) is 0 Å². The van der Waals surface area contributed by atoms with Gasteiger partial charge in [-0.15, -0.1) is 11.8 Å². The van der Waals surface area contributed by atoms with Gasteiger partial charge in [-0.1, -0.05) is 24.3 Å². The summed E-state index contributed by atoms with van der Waals surface area (Å²) in [5.41, 5.74) is 7.82. The van der Waals surface area contributed by atoms with Crippen molar-refractivity contribution in [2.75, 3.05) is 0 Å². The lowest BCUT2D eigenvalue weighted by molar-refractivity contribution is 0.475. The van der Waals surface area contributed by atoms with E-state index in [1.807, 2.05) is 24.3 Å². The first-order valence-corrected chi connectivity index (χ1v) is 6.46. The molecule has 2 aromatic carbocycles. The molecule has 17 heavy (non-hydrogen) atoms. The standard InChI is InChI=1S/C14H15NOS/c15-9-11-4-6-14(7-5-11)17-10-12-2-1-3-13(16)8-12/h1-8,16H,9-10,15H2. The molecule has 0 aliphatic carbocycles. The summed E-state index contributed by atoms with van der Waals surface area (Å²) in [5.74, 6) is 1.18. The number of nitrogens with two attached hydrogens (primary N) is 1. The van der Waals surface area contributed by atoms with Crippen LogP contribution >= 0.6 is 11.8 Å². The highest BCUT2D eigenvalue weighted by Gasteiger charge is 1.98. The molecule has 88 valence electrons. The number of hydrogen-bond acceptors (Lipinski definition) is 3. The molecule has 0 aromatic heterocycles. The average molecular weight is 245 g/mol. The maximum Gasteiger partial charge on any atom is 0.115 e. The lowest BCUT2D eigenvalue weighted by atomic mass is 10.2. The van der Waals surface area contributed by atoms with Crippen LogP contribution in [0.4, 0.5) is 0 Å². The largest absolute Gasteiger partial charge is 0.508 e. The van der Waals surface area contributed by atoms with Crippen LogP contribution in [-0.2, 0) is 12.3 Å². The molecule has 0 radical (unpaired) electrons. The van der Waals surface area contributed by atoms with Crippen LogP contribution in [-0.4, -0.2) is 5.11 Å². The van der Waals surface area contributed by atoms with E-state index in [9.17, 15) is 5.11 Å². The van der Waals surface area contributed by atoms with Gasteiger partial charge in [-0.25, -0.2) is 0 Å². The van der Waals surface area contributed by atoms with Gasteiger partial charge in [0.05, 0.1) is 0 Å². The van der Waals surface area contributed by atoms with Gasteiger partial charge >= 0.3 is 0 Å². The third-order valence-corrected chi connectivity index (χ3v) is 3.56. The molecule has 0 fully saturated rings. The Morgan fingerprint density at radius 3 is 2.41 bits per heavy atom. The maximum atomic E-state index is 9.36. The Bertz CT molecular complexity index is 482. The topological polar surface area (TPSA) is 46.2 Å². The van der Waals surface area contributed by atoms with Gasteiger partial charge in [-0.05, 0) is 35.4 Å². The summed E-state index contributed by atoms with van der Waals surface area (Å²) in [5, 5.41) is 9.36.